The number of aliphatic carboxylic acids is 1. The van der Waals surface area contributed by atoms with Crippen molar-refractivity contribution < 1.29 is 34.2 Å². The molecule has 0 saturated heterocycles. The van der Waals surface area contributed by atoms with Crippen molar-refractivity contribution in [3.05, 3.63) is 36.0 Å². The van der Waals surface area contributed by atoms with Crippen LogP contribution in [0.3, 0.4) is 0 Å². The number of nitrogens with one attached hydrogen (secondary N) is 4. The number of hydrogen-bond donors (Lipinski definition) is 9. The highest BCUT2D eigenvalue weighted by Gasteiger charge is 2.32. The Kier molecular flexibility index (Phi) is 10.3. The number of H-pyrrole nitrogens is 1. The fourth-order valence-corrected chi connectivity index (χ4v) is 3.60. The molecule has 1 aromatic heterocycles. The first kappa shape index (κ1) is 28.6. The summed E-state index contributed by atoms with van der Waals surface area (Å²) in [7, 11) is 0. The predicted octanol–water partition coefficient (Wildman–Crippen LogP) is -2.24. The van der Waals surface area contributed by atoms with Gasteiger partial charge in [0.1, 0.15) is 24.2 Å². The van der Waals surface area contributed by atoms with E-state index in [0.29, 0.717) is 5.56 Å². The Hall–Kier alpha value is -3.62. The minimum atomic E-state index is -1.50. The normalized spacial score (nSPS) is 15.2. The highest BCUT2D eigenvalue weighted by Crippen LogP contribution is 2.19. The van der Waals surface area contributed by atoms with Crippen LogP contribution in [0.4, 0.5) is 0 Å². The molecule has 0 aliphatic rings. The molecule has 36 heavy (non-hydrogen) atoms. The largest absolute Gasteiger partial charge is 0.480 e. The smallest absolute Gasteiger partial charge is 0.327 e. The van der Waals surface area contributed by atoms with Gasteiger partial charge in [0, 0.05) is 29.3 Å². The molecule has 0 saturated carbocycles. The lowest BCUT2D eigenvalue weighted by atomic mass is 10.0. The molecule has 0 fully saturated rings. The van der Waals surface area contributed by atoms with E-state index in [9.17, 15) is 34.2 Å². The maximum atomic E-state index is 13.0. The first-order valence-electron chi connectivity index (χ1n) is 11.0. The summed E-state index contributed by atoms with van der Waals surface area (Å²) in [6.07, 6.45) is -0.253. The Morgan fingerprint density at radius 3 is 2.17 bits per heavy atom. The summed E-state index contributed by atoms with van der Waals surface area (Å²) in [5.41, 5.74) is 12.2. The molecule has 0 spiro atoms. The summed E-state index contributed by atoms with van der Waals surface area (Å²) in [5.74, 6) is -5.10. The number of hydrogen-bond acceptors (Lipinski definition) is 8. The first-order chi connectivity index (χ1) is 16.9. The number of carboxylic acid groups (broad SMARTS) is 1. The Balaban J connectivity index is 2.32. The predicted molar refractivity (Wildman–Crippen MR) is 133 cm³/mol. The van der Waals surface area contributed by atoms with Crippen molar-refractivity contribution >= 4 is 53.1 Å². The summed E-state index contributed by atoms with van der Waals surface area (Å²) >= 11 is 3.93. The van der Waals surface area contributed by atoms with Crippen LogP contribution in [0.25, 0.3) is 10.9 Å². The van der Waals surface area contributed by atoms with Crippen LogP contribution in [-0.2, 0) is 30.4 Å². The van der Waals surface area contributed by atoms with E-state index in [1.54, 1.807) is 18.3 Å². The van der Waals surface area contributed by atoms with Gasteiger partial charge in [-0.1, -0.05) is 18.2 Å². The zero-order valence-corrected chi connectivity index (χ0v) is 20.3. The van der Waals surface area contributed by atoms with E-state index >= 15 is 0 Å². The minimum absolute atomic E-state index is 0.0507. The molecule has 13 nitrogen and oxygen atoms in total. The van der Waals surface area contributed by atoms with Crippen molar-refractivity contribution in [2.45, 2.75) is 50.0 Å². The Morgan fingerprint density at radius 1 is 1.00 bits per heavy atom. The molecule has 4 amide bonds. The van der Waals surface area contributed by atoms with Gasteiger partial charge in [-0.15, -0.1) is 0 Å². The van der Waals surface area contributed by atoms with Gasteiger partial charge in [0.25, 0.3) is 0 Å². The number of fused-ring (bicyclic) bond motifs is 1. The van der Waals surface area contributed by atoms with Gasteiger partial charge in [-0.3, -0.25) is 19.2 Å². The van der Waals surface area contributed by atoms with Crippen molar-refractivity contribution in [3.63, 3.8) is 0 Å². The fourth-order valence-electron chi connectivity index (χ4n) is 3.36. The second-order valence-electron chi connectivity index (χ2n) is 8.20. The summed E-state index contributed by atoms with van der Waals surface area (Å²) in [4.78, 5) is 64.3. The third-order valence-electron chi connectivity index (χ3n) is 5.39. The lowest BCUT2D eigenvalue weighted by molar-refractivity contribution is -0.141. The molecule has 1 heterocycles. The van der Waals surface area contributed by atoms with Gasteiger partial charge in [-0.2, -0.15) is 12.6 Å². The van der Waals surface area contributed by atoms with Crippen molar-refractivity contribution in [1.82, 2.24) is 20.9 Å². The van der Waals surface area contributed by atoms with E-state index in [1.807, 2.05) is 12.1 Å². The number of primary amides is 1. The van der Waals surface area contributed by atoms with Gasteiger partial charge in [0.05, 0.1) is 12.5 Å². The van der Waals surface area contributed by atoms with Crippen LogP contribution in [0, 0.1) is 0 Å². The number of benzene rings is 1. The van der Waals surface area contributed by atoms with Crippen molar-refractivity contribution in [3.8, 4) is 0 Å². The van der Waals surface area contributed by atoms with Gasteiger partial charge in [0.15, 0.2) is 0 Å². The van der Waals surface area contributed by atoms with Gasteiger partial charge in [-0.05, 0) is 18.6 Å². The molecule has 196 valence electrons. The van der Waals surface area contributed by atoms with Gasteiger partial charge in [0.2, 0.25) is 23.6 Å². The number of carbonyl (C=O) groups excluding carboxylic acids is 4. The van der Waals surface area contributed by atoms with Crippen LogP contribution in [0.15, 0.2) is 30.5 Å². The average molecular weight is 523 g/mol. The number of rotatable bonds is 13. The third-order valence-corrected chi connectivity index (χ3v) is 5.76. The van der Waals surface area contributed by atoms with Gasteiger partial charge < -0.3 is 42.6 Å². The molecule has 14 heteroatoms. The second kappa shape index (κ2) is 12.9. The standard InChI is InChI=1S/C22H30N6O7S/c1-10(29)18(24)21(33)27-15(7-17(23)30)20(32)26-14(19(31)28-16(9-36)22(34)35)6-11-8-25-13-5-3-2-4-12(11)13/h2-5,8,10,14-16,18,25,29,36H,6-7,9,24H2,1H3,(H2,23,30)(H,26,32)(H,27,33)(H,28,31)(H,34,35). The van der Waals surface area contributed by atoms with Crippen LogP contribution in [0.1, 0.15) is 18.9 Å². The summed E-state index contributed by atoms with van der Waals surface area (Å²) in [5, 5.41) is 26.6. The van der Waals surface area contributed by atoms with Gasteiger partial charge >= 0.3 is 5.97 Å². The summed E-state index contributed by atoms with van der Waals surface area (Å²) in [6.45, 7) is 1.27. The summed E-state index contributed by atoms with van der Waals surface area (Å²) in [6, 6.07) is 1.72. The maximum absolute atomic E-state index is 13.0. The topological polar surface area (TPSA) is 230 Å². The number of carbonyl (C=O) groups is 5. The van der Waals surface area contributed by atoms with Crippen molar-refractivity contribution in [2.75, 3.05) is 5.75 Å². The average Bonchev–Trinajstić information content (AvgIpc) is 3.23. The molecule has 10 N–H and O–H groups in total. The third kappa shape index (κ3) is 7.69. The van der Waals surface area contributed by atoms with Crippen LogP contribution in [0.5, 0.6) is 0 Å². The number of aromatic amines is 1. The lowest BCUT2D eigenvalue weighted by Gasteiger charge is -2.25. The number of aromatic nitrogens is 1. The molecule has 2 aromatic rings. The Bertz CT molecular complexity index is 1120. The highest BCUT2D eigenvalue weighted by atomic mass is 32.1. The van der Waals surface area contributed by atoms with E-state index in [-0.39, 0.29) is 12.2 Å². The molecular formula is C22H30N6O7S. The molecular weight excluding hydrogens is 492 g/mol. The fraction of sp³-hybridized carbons (Fsp3) is 0.409. The number of para-hydroxylation sites is 1. The number of aliphatic hydroxyl groups excluding tert-OH is 1. The van der Waals surface area contributed by atoms with Crippen LogP contribution < -0.4 is 27.4 Å². The molecule has 0 bridgehead atoms. The zero-order chi connectivity index (χ0) is 27.0. The number of amides is 4. The van der Waals surface area contributed by atoms with E-state index in [1.165, 1.54) is 6.92 Å². The second-order valence-corrected chi connectivity index (χ2v) is 8.57. The van der Waals surface area contributed by atoms with Crippen LogP contribution in [0.2, 0.25) is 0 Å². The van der Waals surface area contributed by atoms with Crippen LogP contribution in [-0.4, -0.2) is 80.8 Å². The lowest BCUT2D eigenvalue weighted by Crippen LogP contribution is -2.59. The Labute approximate surface area is 211 Å². The SMILES string of the molecule is CC(O)C(N)C(=O)NC(CC(N)=O)C(=O)NC(Cc1c[nH]c2ccccc12)C(=O)NC(CS)C(=O)O. The van der Waals surface area contributed by atoms with E-state index in [2.05, 4.69) is 33.6 Å². The molecule has 1 aromatic carbocycles. The summed E-state index contributed by atoms with van der Waals surface area (Å²) < 4.78 is 0. The molecule has 0 aliphatic carbocycles. The first-order valence-corrected chi connectivity index (χ1v) is 11.6. The van der Waals surface area contributed by atoms with Gasteiger partial charge in [-0.25, -0.2) is 4.79 Å². The van der Waals surface area contributed by atoms with E-state index in [0.717, 1.165) is 10.9 Å². The molecule has 5 atom stereocenters. The number of thiol groups is 1. The van der Waals surface area contributed by atoms with Crippen molar-refractivity contribution in [2.24, 2.45) is 11.5 Å². The molecule has 0 aliphatic heterocycles. The van der Waals surface area contributed by atoms with E-state index < -0.39 is 66.3 Å². The van der Waals surface area contributed by atoms with E-state index in [4.69, 9.17) is 11.5 Å². The number of aliphatic hydroxyl groups is 1. The molecule has 2 rings (SSSR count). The monoisotopic (exact) mass is 522 g/mol. The molecule has 5 unspecified atom stereocenters. The van der Waals surface area contributed by atoms with Crippen molar-refractivity contribution in [1.29, 1.82) is 0 Å². The number of carboxylic acids is 1. The zero-order valence-electron chi connectivity index (χ0n) is 19.4. The molecule has 0 radical (unpaired) electrons. The van der Waals surface area contributed by atoms with Crippen LogP contribution >= 0.6 is 12.6 Å². The number of nitrogens with two attached hydrogens (primary N) is 2. The minimum Gasteiger partial charge on any atom is -0.480 e. The Morgan fingerprint density at radius 2 is 1.58 bits per heavy atom. The highest BCUT2D eigenvalue weighted by molar-refractivity contribution is 7.80. The quantitative estimate of drug-likeness (QED) is 0.130. The maximum Gasteiger partial charge on any atom is 0.327 e.